The predicted molar refractivity (Wildman–Crippen MR) is 104 cm³/mol. The quantitative estimate of drug-likeness (QED) is 0.688. The number of nitrogens with two attached hydrogens (primary N) is 1. The Labute approximate surface area is 157 Å². The highest BCUT2D eigenvalue weighted by Crippen LogP contribution is 2.43. The van der Waals surface area contributed by atoms with Crippen LogP contribution in [0.2, 0.25) is 0 Å². The number of nitrogens with zero attached hydrogens (tertiary/aromatic N) is 2. The molecule has 0 amide bonds. The molecule has 0 unspecified atom stereocenters. The number of hydrogen-bond donors (Lipinski definition) is 2. The van der Waals surface area contributed by atoms with Gasteiger partial charge in [0.2, 0.25) is 0 Å². The number of hydrogen-bond acceptors (Lipinski definition) is 5. The predicted octanol–water partition coefficient (Wildman–Crippen LogP) is 3.88. The fourth-order valence-corrected chi connectivity index (χ4v) is 3.82. The average molecular weight is 365 g/mol. The van der Waals surface area contributed by atoms with Crippen LogP contribution in [0.1, 0.15) is 51.6 Å². The van der Waals surface area contributed by atoms with Gasteiger partial charge < -0.3 is 20.0 Å². The number of benzene rings is 1. The molecule has 1 aromatic carbocycles. The van der Waals surface area contributed by atoms with E-state index in [1.165, 1.54) is 7.11 Å². The Balaban J connectivity index is 2.11. The molecule has 1 aliphatic carbocycles. The molecular formula is C21H23N3O3. The standard InChI is InChI=1S/C21H23N3O3/c1-10-5-8-15(25)11(2)16(10)14-9-24-12(3)19(13-6-7-13)23-20(24)17(18(14)22)21(26)27-4/h5,8-9,13,25H,6-7,22H2,1-4H3. The van der Waals surface area contributed by atoms with Crippen LogP contribution in [0.25, 0.3) is 16.8 Å². The monoisotopic (exact) mass is 365 g/mol. The molecule has 4 rings (SSSR count). The second-order valence-electron chi connectivity index (χ2n) is 7.27. The fourth-order valence-electron chi connectivity index (χ4n) is 3.82. The number of phenolic OH excluding ortho intramolecular Hbond substituents is 1. The molecule has 0 spiro atoms. The first-order valence-corrected chi connectivity index (χ1v) is 9.04. The Hall–Kier alpha value is -3.02. The van der Waals surface area contributed by atoms with E-state index in [0.29, 0.717) is 22.8 Å². The molecule has 2 heterocycles. The van der Waals surface area contributed by atoms with Crippen molar-refractivity contribution < 1.29 is 14.6 Å². The van der Waals surface area contributed by atoms with E-state index in [2.05, 4.69) is 0 Å². The van der Waals surface area contributed by atoms with Crippen LogP contribution in [-0.4, -0.2) is 27.6 Å². The zero-order chi connectivity index (χ0) is 19.5. The number of phenols is 1. The smallest absolute Gasteiger partial charge is 0.343 e. The summed E-state index contributed by atoms with van der Waals surface area (Å²) in [6, 6.07) is 3.51. The van der Waals surface area contributed by atoms with Crippen LogP contribution in [-0.2, 0) is 4.74 Å². The van der Waals surface area contributed by atoms with Gasteiger partial charge in [-0.15, -0.1) is 0 Å². The molecule has 3 N–H and O–H groups in total. The molecule has 140 valence electrons. The minimum absolute atomic E-state index is 0.190. The van der Waals surface area contributed by atoms with Crippen LogP contribution < -0.4 is 5.73 Å². The summed E-state index contributed by atoms with van der Waals surface area (Å²) in [5.74, 6) is 0.127. The third-order valence-corrected chi connectivity index (χ3v) is 5.50. The van der Waals surface area contributed by atoms with E-state index >= 15 is 0 Å². The molecule has 1 saturated carbocycles. The number of imidazole rings is 1. The van der Waals surface area contributed by atoms with Crippen LogP contribution in [0, 0.1) is 20.8 Å². The number of methoxy groups -OCH3 is 1. The summed E-state index contributed by atoms with van der Waals surface area (Å²) < 4.78 is 6.93. The van der Waals surface area contributed by atoms with Crippen molar-refractivity contribution >= 4 is 17.3 Å². The Kier molecular flexibility index (Phi) is 3.87. The van der Waals surface area contributed by atoms with Crippen molar-refractivity contribution in [3.63, 3.8) is 0 Å². The lowest BCUT2D eigenvalue weighted by Gasteiger charge is -2.17. The summed E-state index contributed by atoms with van der Waals surface area (Å²) in [6.07, 6.45) is 4.15. The molecule has 0 bridgehead atoms. The molecule has 1 fully saturated rings. The lowest BCUT2D eigenvalue weighted by molar-refractivity contribution is 0.0603. The number of aromatic nitrogens is 2. The van der Waals surface area contributed by atoms with Gasteiger partial charge in [-0.2, -0.15) is 0 Å². The maximum absolute atomic E-state index is 12.6. The number of fused-ring (bicyclic) bond motifs is 1. The zero-order valence-electron chi connectivity index (χ0n) is 16.0. The van der Waals surface area contributed by atoms with Crippen LogP contribution in [0.5, 0.6) is 5.75 Å². The Morgan fingerprint density at radius 3 is 2.63 bits per heavy atom. The Morgan fingerprint density at radius 1 is 1.30 bits per heavy atom. The van der Waals surface area contributed by atoms with Gasteiger partial charge in [-0.05, 0) is 56.4 Å². The molecule has 0 aliphatic heterocycles. The Morgan fingerprint density at radius 2 is 2.00 bits per heavy atom. The highest BCUT2D eigenvalue weighted by atomic mass is 16.5. The third kappa shape index (κ3) is 2.55. The van der Waals surface area contributed by atoms with Crippen LogP contribution in [0.15, 0.2) is 18.3 Å². The van der Waals surface area contributed by atoms with E-state index in [-0.39, 0.29) is 11.3 Å². The van der Waals surface area contributed by atoms with E-state index in [1.807, 2.05) is 37.4 Å². The van der Waals surface area contributed by atoms with E-state index < -0.39 is 5.97 Å². The van der Waals surface area contributed by atoms with Gasteiger partial charge in [0.1, 0.15) is 11.3 Å². The zero-order valence-corrected chi connectivity index (χ0v) is 16.0. The lowest BCUT2D eigenvalue weighted by atomic mass is 9.93. The van der Waals surface area contributed by atoms with Crippen molar-refractivity contribution in [2.75, 3.05) is 12.8 Å². The summed E-state index contributed by atoms with van der Waals surface area (Å²) in [6.45, 7) is 5.81. The molecule has 27 heavy (non-hydrogen) atoms. The van der Waals surface area contributed by atoms with Crippen molar-refractivity contribution in [1.29, 1.82) is 0 Å². The topological polar surface area (TPSA) is 89.8 Å². The second kappa shape index (κ2) is 6.01. The fraction of sp³-hybridized carbons (Fsp3) is 0.333. The summed E-state index contributed by atoms with van der Waals surface area (Å²) in [5, 5.41) is 10.2. The number of pyridine rings is 1. The summed E-state index contributed by atoms with van der Waals surface area (Å²) in [4.78, 5) is 17.3. The number of rotatable bonds is 3. The first kappa shape index (κ1) is 17.4. The first-order valence-electron chi connectivity index (χ1n) is 9.04. The summed E-state index contributed by atoms with van der Waals surface area (Å²) in [7, 11) is 1.34. The van der Waals surface area contributed by atoms with E-state index in [0.717, 1.165) is 40.9 Å². The van der Waals surface area contributed by atoms with Gasteiger partial charge in [0.05, 0.1) is 18.5 Å². The maximum atomic E-state index is 12.6. The SMILES string of the molecule is COC(=O)c1c(N)c(-c2c(C)ccc(O)c2C)cn2c(C)c(C3CC3)nc12. The largest absolute Gasteiger partial charge is 0.508 e. The number of carbonyl (C=O) groups is 1. The average Bonchev–Trinajstić information content (AvgIpc) is 3.43. The van der Waals surface area contributed by atoms with Gasteiger partial charge >= 0.3 is 5.97 Å². The van der Waals surface area contributed by atoms with E-state index in [9.17, 15) is 9.90 Å². The molecule has 3 aromatic rings. The lowest BCUT2D eigenvalue weighted by Crippen LogP contribution is -2.11. The molecular weight excluding hydrogens is 342 g/mol. The molecule has 6 heteroatoms. The number of aromatic hydroxyl groups is 1. The number of anilines is 1. The second-order valence-corrected chi connectivity index (χ2v) is 7.27. The van der Waals surface area contributed by atoms with Crippen molar-refractivity contribution in [2.24, 2.45) is 0 Å². The molecule has 0 saturated heterocycles. The third-order valence-electron chi connectivity index (χ3n) is 5.50. The molecule has 2 aromatic heterocycles. The summed E-state index contributed by atoms with van der Waals surface area (Å²) in [5.41, 5.74) is 12.8. The van der Waals surface area contributed by atoms with Crippen LogP contribution in [0.4, 0.5) is 5.69 Å². The van der Waals surface area contributed by atoms with E-state index in [1.54, 1.807) is 6.07 Å². The van der Waals surface area contributed by atoms with Crippen molar-refractivity contribution in [3.8, 4) is 16.9 Å². The van der Waals surface area contributed by atoms with Gasteiger partial charge in [-0.1, -0.05) is 6.07 Å². The highest BCUT2D eigenvalue weighted by Gasteiger charge is 2.31. The number of carbonyl (C=O) groups excluding carboxylic acids is 1. The molecule has 0 radical (unpaired) electrons. The molecule has 1 aliphatic rings. The van der Waals surface area contributed by atoms with Gasteiger partial charge in [0, 0.05) is 23.4 Å². The molecule has 0 atom stereocenters. The maximum Gasteiger partial charge on any atom is 0.343 e. The first-order chi connectivity index (χ1) is 12.8. The minimum Gasteiger partial charge on any atom is -0.508 e. The van der Waals surface area contributed by atoms with Crippen molar-refractivity contribution in [3.05, 3.63) is 46.4 Å². The van der Waals surface area contributed by atoms with Crippen LogP contribution in [0.3, 0.4) is 0 Å². The van der Waals surface area contributed by atoms with Gasteiger partial charge in [-0.25, -0.2) is 9.78 Å². The highest BCUT2D eigenvalue weighted by molar-refractivity contribution is 6.05. The van der Waals surface area contributed by atoms with Gasteiger partial charge in [0.25, 0.3) is 0 Å². The summed E-state index contributed by atoms with van der Waals surface area (Å²) >= 11 is 0. The number of aryl methyl sites for hydroxylation is 2. The van der Waals surface area contributed by atoms with Gasteiger partial charge in [-0.3, -0.25) is 0 Å². The normalized spacial score (nSPS) is 13.9. The van der Waals surface area contributed by atoms with Crippen LogP contribution >= 0.6 is 0 Å². The number of ether oxygens (including phenoxy) is 1. The van der Waals surface area contributed by atoms with Crippen molar-refractivity contribution in [2.45, 2.75) is 39.5 Å². The number of nitrogen functional groups attached to an aromatic ring is 1. The van der Waals surface area contributed by atoms with Crippen molar-refractivity contribution in [1.82, 2.24) is 9.38 Å². The molecule has 6 nitrogen and oxygen atoms in total. The van der Waals surface area contributed by atoms with Gasteiger partial charge in [0.15, 0.2) is 5.65 Å². The number of esters is 1. The minimum atomic E-state index is -0.512. The Bertz CT molecular complexity index is 1090. The van der Waals surface area contributed by atoms with E-state index in [4.69, 9.17) is 15.5 Å².